The Labute approximate surface area is 139 Å². The quantitative estimate of drug-likeness (QED) is 0.713. The molecule has 0 spiro atoms. The van der Waals surface area contributed by atoms with Crippen molar-refractivity contribution in [2.24, 2.45) is 0 Å². The van der Waals surface area contributed by atoms with Gasteiger partial charge in [0.1, 0.15) is 5.82 Å². The van der Waals surface area contributed by atoms with E-state index in [4.69, 9.17) is 34.8 Å². The number of rotatable bonds is 5. The van der Waals surface area contributed by atoms with Crippen molar-refractivity contribution < 1.29 is 4.39 Å². The molecule has 1 N–H and O–H groups in total. The van der Waals surface area contributed by atoms with E-state index in [0.717, 1.165) is 18.5 Å². The highest BCUT2D eigenvalue weighted by Crippen LogP contribution is 2.32. The molecule has 0 amide bonds. The van der Waals surface area contributed by atoms with Crippen LogP contribution in [0.15, 0.2) is 36.4 Å². The highest BCUT2D eigenvalue weighted by Gasteiger charge is 2.18. The largest absolute Gasteiger partial charge is 0.306 e. The van der Waals surface area contributed by atoms with Crippen LogP contribution in [-0.2, 0) is 0 Å². The third-order valence-corrected chi connectivity index (χ3v) is 3.87. The molecule has 0 heterocycles. The molecule has 0 bridgehead atoms. The highest BCUT2D eigenvalue weighted by atomic mass is 35.5. The van der Waals surface area contributed by atoms with Crippen molar-refractivity contribution in [1.29, 1.82) is 0 Å². The standard InChI is InChI=1S/C16H15Cl3FN/c1-2-5-21-16(10-6-11(17)8-12(18)7-10)14-9-13(20)3-4-15(14)19/h3-4,6-9,16,21H,2,5H2,1H3. The summed E-state index contributed by atoms with van der Waals surface area (Å²) in [5, 5.41) is 4.93. The fourth-order valence-corrected chi connectivity index (χ4v) is 2.94. The van der Waals surface area contributed by atoms with E-state index in [2.05, 4.69) is 12.2 Å². The summed E-state index contributed by atoms with van der Waals surface area (Å²) in [6, 6.07) is 9.35. The number of halogens is 4. The van der Waals surface area contributed by atoms with Crippen LogP contribution in [0.25, 0.3) is 0 Å². The molecule has 0 aliphatic carbocycles. The van der Waals surface area contributed by atoms with Gasteiger partial charge in [0, 0.05) is 15.1 Å². The predicted molar refractivity (Wildman–Crippen MR) is 88.0 cm³/mol. The van der Waals surface area contributed by atoms with Gasteiger partial charge in [-0.25, -0.2) is 4.39 Å². The van der Waals surface area contributed by atoms with Crippen LogP contribution in [0.1, 0.15) is 30.5 Å². The molecule has 0 aliphatic rings. The summed E-state index contributed by atoms with van der Waals surface area (Å²) >= 11 is 18.4. The summed E-state index contributed by atoms with van der Waals surface area (Å²) in [6.45, 7) is 2.82. The second kappa shape index (κ2) is 7.46. The molecule has 112 valence electrons. The summed E-state index contributed by atoms with van der Waals surface area (Å²) in [5.41, 5.74) is 1.52. The van der Waals surface area contributed by atoms with Gasteiger partial charge in [-0.15, -0.1) is 0 Å². The van der Waals surface area contributed by atoms with Crippen molar-refractivity contribution in [2.75, 3.05) is 6.54 Å². The van der Waals surface area contributed by atoms with E-state index in [1.807, 2.05) is 12.1 Å². The van der Waals surface area contributed by atoms with Crippen molar-refractivity contribution in [1.82, 2.24) is 5.32 Å². The summed E-state index contributed by atoms with van der Waals surface area (Å²) in [4.78, 5) is 0. The molecule has 5 heteroatoms. The zero-order valence-corrected chi connectivity index (χ0v) is 13.7. The number of hydrogen-bond acceptors (Lipinski definition) is 1. The van der Waals surface area contributed by atoms with Crippen molar-refractivity contribution in [2.45, 2.75) is 19.4 Å². The molecule has 0 aromatic heterocycles. The smallest absolute Gasteiger partial charge is 0.123 e. The first-order valence-electron chi connectivity index (χ1n) is 6.65. The minimum atomic E-state index is -0.328. The molecule has 21 heavy (non-hydrogen) atoms. The van der Waals surface area contributed by atoms with Crippen molar-refractivity contribution in [3.63, 3.8) is 0 Å². The van der Waals surface area contributed by atoms with E-state index in [9.17, 15) is 4.39 Å². The van der Waals surface area contributed by atoms with Gasteiger partial charge in [-0.3, -0.25) is 0 Å². The van der Waals surface area contributed by atoms with Crippen LogP contribution >= 0.6 is 34.8 Å². The Morgan fingerprint density at radius 2 is 1.71 bits per heavy atom. The van der Waals surface area contributed by atoms with E-state index in [0.29, 0.717) is 20.6 Å². The second-order valence-electron chi connectivity index (χ2n) is 4.76. The van der Waals surface area contributed by atoms with Gasteiger partial charge in [0.15, 0.2) is 0 Å². The van der Waals surface area contributed by atoms with Crippen LogP contribution in [0.4, 0.5) is 4.39 Å². The summed E-state index contributed by atoms with van der Waals surface area (Å²) in [5.74, 6) is -0.328. The van der Waals surface area contributed by atoms with Gasteiger partial charge < -0.3 is 5.32 Å². The monoisotopic (exact) mass is 345 g/mol. The normalized spacial score (nSPS) is 12.4. The Balaban J connectivity index is 2.49. The summed E-state index contributed by atoms with van der Waals surface area (Å²) in [6.07, 6.45) is 0.942. The minimum Gasteiger partial charge on any atom is -0.306 e. The molecule has 0 saturated heterocycles. The zero-order valence-electron chi connectivity index (χ0n) is 11.5. The van der Waals surface area contributed by atoms with Gasteiger partial charge in [0.25, 0.3) is 0 Å². The van der Waals surface area contributed by atoms with Crippen LogP contribution in [0.5, 0.6) is 0 Å². The molecule has 1 unspecified atom stereocenters. The second-order valence-corrected chi connectivity index (χ2v) is 6.04. The van der Waals surface area contributed by atoms with Crippen molar-refractivity contribution in [3.8, 4) is 0 Å². The molecule has 0 radical (unpaired) electrons. The molecule has 0 saturated carbocycles. The van der Waals surface area contributed by atoms with Crippen molar-refractivity contribution >= 4 is 34.8 Å². The molecule has 0 aliphatic heterocycles. The first-order valence-corrected chi connectivity index (χ1v) is 7.79. The van der Waals surface area contributed by atoms with Gasteiger partial charge in [-0.2, -0.15) is 0 Å². The van der Waals surface area contributed by atoms with E-state index >= 15 is 0 Å². The molecule has 2 aromatic rings. The Bertz CT molecular complexity index is 611. The van der Waals surface area contributed by atoms with Crippen LogP contribution < -0.4 is 5.32 Å². The Kier molecular flexibility index (Phi) is 5.88. The number of benzene rings is 2. The lowest BCUT2D eigenvalue weighted by Crippen LogP contribution is -2.23. The Morgan fingerprint density at radius 1 is 1.05 bits per heavy atom. The number of hydrogen-bond donors (Lipinski definition) is 1. The molecular formula is C16H15Cl3FN. The average Bonchev–Trinajstić information content (AvgIpc) is 2.42. The third kappa shape index (κ3) is 4.33. The average molecular weight is 347 g/mol. The summed E-state index contributed by atoms with van der Waals surface area (Å²) < 4.78 is 13.6. The highest BCUT2D eigenvalue weighted by molar-refractivity contribution is 6.34. The fraction of sp³-hybridized carbons (Fsp3) is 0.250. The van der Waals surface area contributed by atoms with Crippen LogP contribution in [-0.4, -0.2) is 6.54 Å². The van der Waals surface area contributed by atoms with Gasteiger partial charge in [0.05, 0.1) is 6.04 Å². The van der Waals surface area contributed by atoms with Crippen molar-refractivity contribution in [3.05, 3.63) is 68.4 Å². The van der Waals surface area contributed by atoms with Crippen LogP contribution in [0.2, 0.25) is 15.1 Å². The van der Waals surface area contributed by atoms with Gasteiger partial charge in [-0.1, -0.05) is 41.7 Å². The van der Waals surface area contributed by atoms with E-state index in [1.165, 1.54) is 12.1 Å². The van der Waals surface area contributed by atoms with Gasteiger partial charge in [0.2, 0.25) is 0 Å². The van der Waals surface area contributed by atoms with Gasteiger partial charge in [-0.05, 0) is 60.5 Å². The minimum absolute atomic E-state index is 0.260. The maximum Gasteiger partial charge on any atom is 0.123 e. The summed E-state index contributed by atoms with van der Waals surface area (Å²) in [7, 11) is 0. The molecular weight excluding hydrogens is 332 g/mol. The first kappa shape index (κ1) is 16.6. The lowest BCUT2D eigenvalue weighted by atomic mass is 9.98. The number of nitrogens with one attached hydrogen (secondary N) is 1. The molecule has 1 nitrogen and oxygen atoms in total. The molecule has 2 rings (SSSR count). The van der Waals surface area contributed by atoms with Gasteiger partial charge >= 0.3 is 0 Å². The Morgan fingerprint density at radius 3 is 2.33 bits per heavy atom. The predicted octanol–water partition coefficient (Wildman–Crippen LogP) is 5.87. The van der Waals surface area contributed by atoms with Crippen LogP contribution in [0, 0.1) is 5.82 Å². The SMILES string of the molecule is CCCNC(c1cc(Cl)cc(Cl)c1)c1cc(F)ccc1Cl. The van der Waals surface area contributed by atoms with Crippen LogP contribution in [0.3, 0.4) is 0 Å². The maximum absolute atomic E-state index is 13.6. The lowest BCUT2D eigenvalue weighted by molar-refractivity contribution is 0.586. The van der Waals surface area contributed by atoms with E-state index < -0.39 is 0 Å². The Hall–Kier alpha value is -0.800. The topological polar surface area (TPSA) is 12.0 Å². The molecule has 0 fully saturated rings. The van der Waals surface area contributed by atoms with E-state index in [-0.39, 0.29) is 11.9 Å². The fourth-order valence-electron chi connectivity index (χ4n) is 2.17. The first-order chi connectivity index (χ1) is 10.0. The molecule has 1 atom stereocenters. The maximum atomic E-state index is 13.6. The third-order valence-electron chi connectivity index (χ3n) is 3.09. The zero-order chi connectivity index (χ0) is 15.4. The lowest BCUT2D eigenvalue weighted by Gasteiger charge is -2.21. The van der Waals surface area contributed by atoms with E-state index in [1.54, 1.807) is 12.1 Å². The molecule has 2 aromatic carbocycles.